The number of aromatic amines is 1. The minimum Gasteiger partial charge on any atom is -0.460 e. The van der Waals surface area contributed by atoms with Gasteiger partial charge in [0.25, 0.3) is 0 Å². The van der Waals surface area contributed by atoms with Gasteiger partial charge in [-0.1, -0.05) is 12.1 Å². The number of nitrogens with one attached hydrogen (secondary N) is 1. The summed E-state index contributed by atoms with van der Waals surface area (Å²) in [6.45, 7) is 1.26. The molecule has 0 unspecified atom stereocenters. The third-order valence-corrected chi connectivity index (χ3v) is 3.37. The van der Waals surface area contributed by atoms with E-state index >= 15 is 0 Å². The SMILES string of the molecule is c1ccc2c3c([nH]c2c1)C[C@@H]1OCCO[C@@H]1O3. The molecule has 0 amide bonds. The molecule has 2 aliphatic heterocycles. The van der Waals surface area contributed by atoms with E-state index in [1.54, 1.807) is 0 Å². The van der Waals surface area contributed by atoms with Crippen LogP contribution >= 0.6 is 0 Å². The fourth-order valence-corrected chi connectivity index (χ4v) is 2.58. The van der Waals surface area contributed by atoms with E-state index in [0.29, 0.717) is 13.2 Å². The van der Waals surface area contributed by atoms with E-state index in [2.05, 4.69) is 17.1 Å². The Hall–Kier alpha value is -1.52. The summed E-state index contributed by atoms with van der Waals surface area (Å²) in [6.07, 6.45) is 0.592. The average Bonchev–Trinajstić information content (AvgIpc) is 2.73. The van der Waals surface area contributed by atoms with Crippen molar-refractivity contribution < 1.29 is 14.2 Å². The molecule has 0 aliphatic carbocycles. The molecule has 4 heteroatoms. The van der Waals surface area contributed by atoms with E-state index in [0.717, 1.165) is 28.8 Å². The van der Waals surface area contributed by atoms with Crippen LogP contribution in [0.4, 0.5) is 0 Å². The Morgan fingerprint density at radius 2 is 2.00 bits per heavy atom. The predicted molar refractivity (Wildman–Crippen MR) is 62.1 cm³/mol. The molecule has 0 bridgehead atoms. The first-order valence-electron chi connectivity index (χ1n) is 5.91. The van der Waals surface area contributed by atoms with Crippen LogP contribution in [-0.4, -0.2) is 30.6 Å². The number of hydrogen-bond acceptors (Lipinski definition) is 3. The second-order valence-corrected chi connectivity index (χ2v) is 4.45. The molecule has 88 valence electrons. The van der Waals surface area contributed by atoms with E-state index in [1.807, 2.05) is 12.1 Å². The molecule has 3 heterocycles. The van der Waals surface area contributed by atoms with Crippen LogP contribution in [0.3, 0.4) is 0 Å². The van der Waals surface area contributed by atoms with Gasteiger partial charge < -0.3 is 19.2 Å². The van der Waals surface area contributed by atoms with Gasteiger partial charge in [0, 0.05) is 17.3 Å². The monoisotopic (exact) mass is 231 g/mol. The number of ether oxygens (including phenoxy) is 3. The van der Waals surface area contributed by atoms with Crippen molar-refractivity contribution >= 4 is 10.9 Å². The molecule has 0 spiro atoms. The molecular weight excluding hydrogens is 218 g/mol. The highest BCUT2D eigenvalue weighted by molar-refractivity contribution is 5.88. The number of hydrogen-bond donors (Lipinski definition) is 1. The topological polar surface area (TPSA) is 43.5 Å². The Morgan fingerprint density at radius 1 is 1.12 bits per heavy atom. The van der Waals surface area contributed by atoms with Crippen LogP contribution in [0, 0.1) is 0 Å². The van der Waals surface area contributed by atoms with E-state index in [-0.39, 0.29) is 12.4 Å². The lowest BCUT2D eigenvalue weighted by Crippen LogP contribution is -2.45. The number of H-pyrrole nitrogens is 1. The summed E-state index contributed by atoms with van der Waals surface area (Å²) in [4.78, 5) is 3.39. The number of aromatic nitrogens is 1. The quantitative estimate of drug-likeness (QED) is 0.752. The lowest BCUT2D eigenvalue weighted by molar-refractivity contribution is -0.218. The third-order valence-electron chi connectivity index (χ3n) is 3.37. The first-order valence-corrected chi connectivity index (χ1v) is 5.91. The number of rotatable bonds is 0. The maximum atomic E-state index is 5.91. The minimum atomic E-state index is -0.254. The number of para-hydroxylation sites is 1. The highest BCUT2D eigenvalue weighted by atomic mass is 16.7. The summed E-state index contributed by atoms with van der Waals surface area (Å²) in [5.74, 6) is 0.923. The van der Waals surface area contributed by atoms with Crippen molar-refractivity contribution in [3.8, 4) is 5.75 Å². The molecule has 2 atom stereocenters. The third kappa shape index (κ3) is 1.38. The van der Waals surface area contributed by atoms with Crippen molar-refractivity contribution in [1.82, 2.24) is 4.98 Å². The Morgan fingerprint density at radius 3 is 3.00 bits per heavy atom. The van der Waals surface area contributed by atoms with Crippen LogP contribution in [0.2, 0.25) is 0 Å². The predicted octanol–water partition coefficient (Wildman–Crippen LogP) is 1.84. The molecule has 1 saturated heterocycles. The van der Waals surface area contributed by atoms with Crippen molar-refractivity contribution in [2.24, 2.45) is 0 Å². The Balaban J connectivity index is 1.83. The summed E-state index contributed by atoms with van der Waals surface area (Å²) in [6, 6.07) is 8.16. The van der Waals surface area contributed by atoms with Crippen molar-refractivity contribution in [3.63, 3.8) is 0 Å². The van der Waals surface area contributed by atoms with Crippen molar-refractivity contribution in [3.05, 3.63) is 30.0 Å². The fourth-order valence-electron chi connectivity index (χ4n) is 2.58. The average molecular weight is 231 g/mol. The van der Waals surface area contributed by atoms with Crippen LogP contribution in [0.15, 0.2) is 24.3 Å². The van der Waals surface area contributed by atoms with Crippen molar-refractivity contribution in [1.29, 1.82) is 0 Å². The van der Waals surface area contributed by atoms with Crippen LogP contribution in [0.25, 0.3) is 10.9 Å². The Bertz CT molecular complexity index is 563. The molecule has 4 nitrogen and oxygen atoms in total. The summed E-state index contributed by atoms with van der Waals surface area (Å²) in [5, 5.41) is 1.12. The standard InChI is InChI=1S/C13H13NO3/c1-2-4-9-8(3-1)12-10(14-9)7-11-13(17-12)16-6-5-15-11/h1-4,11,13-14H,5-7H2/t11-,13+/m0/s1. The van der Waals surface area contributed by atoms with E-state index in [4.69, 9.17) is 14.2 Å². The fraction of sp³-hybridized carbons (Fsp3) is 0.385. The molecule has 1 aromatic carbocycles. The lowest BCUT2D eigenvalue weighted by atomic mass is 10.1. The van der Waals surface area contributed by atoms with Crippen molar-refractivity contribution in [2.45, 2.75) is 18.8 Å². The van der Waals surface area contributed by atoms with Gasteiger partial charge in [0.1, 0.15) is 6.10 Å². The molecule has 2 aromatic rings. The molecule has 1 aromatic heterocycles. The minimum absolute atomic E-state index is 0.0179. The van der Waals surface area contributed by atoms with Gasteiger partial charge in [0.15, 0.2) is 5.75 Å². The smallest absolute Gasteiger partial charge is 0.226 e. The molecule has 1 N–H and O–H groups in total. The van der Waals surface area contributed by atoms with Crippen LogP contribution < -0.4 is 4.74 Å². The first kappa shape index (κ1) is 9.50. The molecular formula is C13H13NO3. The van der Waals surface area contributed by atoms with E-state index in [1.165, 1.54) is 0 Å². The molecule has 17 heavy (non-hydrogen) atoms. The van der Waals surface area contributed by atoms with Crippen LogP contribution in [-0.2, 0) is 15.9 Å². The second-order valence-electron chi connectivity index (χ2n) is 4.45. The Kier molecular flexibility index (Phi) is 1.95. The Labute approximate surface area is 98.5 Å². The normalized spacial score (nSPS) is 27.3. The zero-order valence-corrected chi connectivity index (χ0v) is 9.31. The van der Waals surface area contributed by atoms with Gasteiger partial charge >= 0.3 is 0 Å². The lowest BCUT2D eigenvalue weighted by Gasteiger charge is -2.35. The van der Waals surface area contributed by atoms with Gasteiger partial charge in [-0.2, -0.15) is 0 Å². The molecule has 0 radical (unpaired) electrons. The van der Waals surface area contributed by atoms with Gasteiger partial charge in [-0.3, -0.25) is 0 Å². The number of fused-ring (bicyclic) bond motifs is 4. The van der Waals surface area contributed by atoms with Crippen LogP contribution in [0.1, 0.15) is 5.69 Å². The van der Waals surface area contributed by atoms with E-state index in [9.17, 15) is 0 Å². The van der Waals surface area contributed by atoms with Gasteiger partial charge in [-0.25, -0.2) is 0 Å². The second kappa shape index (κ2) is 3.48. The van der Waals surface area contributed by atoms with Gasteiger partial charge in [-0.05, 0) is 12.1 Å². The largest absolute Gasteiger partial charge is 0.460 e. The highest BCUT2D eigenvalue weighted by Gasteiger charge is 2.35. The first-order chi connectivity index (χ1) is 8.42. The van der Waals surface area contributed by atoms with Crippen molar-refractivity contribution in [2.75, 3.05) is 13.2 Å². The maximum Gasteiger partial charge on any atom is 0.226 e. The van der Waals surface area contributed by atoms with Gasteiger partial charge in [0.2, 0.25) is 6.29 Å². The zero-order chi connectivity index (χ0) is 11.2. The summed E-state index contributed by atoms with van der Waals surface area (Å²) >= 11 is 0. The van der Waals surface area contributed by atoms with Gasteiger partial charge in [0.05, 0.1) is 18.9 Å². The van der Waals surface area contributed by atoms with Crippen LogP contribution in [0.5, 0.6) is 5.75 Å². The molecule has 4 rings (SSSR count). The molecule has 1 fully saturated rings. The summed E-state index contributed by atoms with van der Waals surface area (Å²) in [7, 11) is 0. The summed E-state index contributed by atoms with van der Waals surface area (Å²) in [5.41, 5.74) is 2.22. The molecule has 2 aliphatic rings. The summed E-state index contributed by atoms with van der Waals surface area (Å²) < 4.78 is 17.2. The molecule has 0 saturated carbocycles. The number of benzene rings is 1. The van der Waals surface area contributed by atoms with E-state index < -0.39 is 0 Å². The zero-order valence-electron chi connectivity index (χ0n) is 9.31. The highest BCUT2D eigenvalue weighted by Crippen LogP contribution is 2.37. The maximum absolute atomic E-state index is 5.91. The van der Waals surface area contributed by atoms with Gasteiger partial charge in [-0.15, -0.1) is 0 Å².